The number of carbonyl (C=O) groups excluding carboxylic acids is 1. The van der Waals surface area contributed by atoms with Crippen LogP contribution in [-0.4, -0.2) is 27.0 Å². The van der Waals surface area contributed by atoms with E-state index in [4.69, 9.17) is 28.2 Å². The molecule has 6 nitrogen and oxygen atoms in total. The van der Waals surface area contributed by atoms with Gasteiger partial charge in [0.25, 0.3) is 5.56 Å². The van der Waals surface area contributed by atoms with E-state index in [1.807, 2.05) is 56.3 Å². The highest BCUT2D eigenvalue weighted by molar-refractivity contribution is 6.43. The van der Waals surface area contributed by atoms with Gasteiger partial charge in [0.1, 0.15) is 5.82 Å². The molecule has 0 saturated heterocycles. The predicted molar refractivity (Wildman–Crippen MR) is 157 cm³/mol. The summed E-state index contributed by atoms with van der Waals surface area (Å²) in [4.78, 5) is 34.4. The summed E-state index contributed by atoms with van der Waals surface area (Å²) >= 11 is 12.6. The monoisotopic (exact) mass is 550 g/mol. The molecule has 1 heterocycles. The number of nitrogens with zero attached hydrogens (tertiary/aromatic N) is 3. The molecular weight excluding hydrogens is 519 g/mol. The van der Waals surface area contributed by atoms with E-state index in [2.05, 4.69) is 19.2 Å². The molecule has 3 aromatic carbocycles. The minimum Gasteiger partial charge on any atom is -0.314 e. The summed E-state index contributed by atoms with van der Waals surface area (Å²) in [5, 5.41) is 4.09. The lowest BCUT2D eigenvalue weighted by atomic mass is 10.1. The third-order valence-corrected chi connectivity index (χ3v) is 7.38. The first-order chi connectivity index (χ1) is 18.2. The highest BCUT2D eigenvalue weighted by atomic mass is 35.5. The first-order valence-corrected chi connectivity index (χ1v) is 13.6. The van der Waals surface area contributed by atoms with Gasteiger partial charge < -0.3 is 10.2 Å². The first-order valence-electron chi connectivity index (χ1n) is 12.8. The van der Waals surface area contributed by atoms with Gasteiger partial charge in [0, 0.05) is 6.54 Å². The van der Waals surface area contributed by atoms with E-state index in [0.717, 1.165) is 12.0 Å². The molecule has 1 aromatic heterocycles. The third-order valence-electron chi connectivity index (χ3n) is 6.56. The number of anilines is 1. The number of para-hydroxylation sites is 1. The fraction of sp³-hybridized carbons (Fsp3) is 0.300. The third kappa shape index (κ3) is 5.87. The maximum absolute atomic E-state index is 13.9. The lowest BCUT2D eigenvalue weighted by molar-refractivity contribution is 0.176. The van der Waals surface area contributed by atoms with E-state index < -0.39 is 6.04 Å². The second kappa shape index (κ2) is 12.0. The zero-order valence-corrected chi connectivity index (χ0v) is 23.6. The molecule has 1 atom stereocenters. The van der Waals surface area contributed by atoms with Crippen molar-refractivity contribution in [1.29, 1.82) is 0 Å². The molecule has 0 unspecified atom stereocenters. The number of urea groups is 1. The smallest absolute Gasteiger partial charge is 0.314 e. The standard InChI is InChI=1S/C30H32Cl2N4O2/c1-5-26(35(18-17-19(2)3)30(38)34-25-12-8-10-23(31)27(25)32)28-33-24-11-7-6-9-22(24)29(37)36(28)21-15-13-20(4)14-16-21/h6-16,19,26H,5,17-18H2,1-4H3,(H,34,38)/t26-/m1/s1. The zero-order chi connectivity index (χ0) is 27.4. The molecule has 0 radical (unpaired) electrons. The van der Waals surface area contributed by atoms with Gasteiger partial charge in [-0.1, -0.05) is 79.9 Å². The maximum atomic E-state index is 13.9. The van der Waals surface area contributed by atoms with E-state index in [9.17, 15) is 9.59 Å². The summed E-state index contributed by atoms with van der Waals surface area (Å²) < 4.78 is 1.64. The van der Waals surface area contributed by atoms with Crippen molar-refractivity contribution in [3.05, 3.63) is 98.5 Å². The number of aryl methyl sites for hydroxylation is 1. The molecule has 0 bridgehead atoms. The number of benzene rings is 3. The Kier molecular flexibility index (Phi) is 8.75. The van der Waals surface area contributed by atoms with E-state index >= 15 is 0 Å². The Morgan fingerprint density at radius 1 is 1.03 bits per heavy atom. The van der Waals surface area contributed by atoms with Crippen molar-refractivity contribution in [2.45, 2.75) is 46.6 Å². The highest BCUT2D eigenvalue weighted by Crippen LogP contribution is 2.32. The quantitative estimate of drug-likeness (QED) is 0.241. The van der Waals surface area contributed by atoms with Gasteiger partial charge >= 0.3 is 6.03 Å². The molecule has 8 heteroatoms. The van der Waals surface area contributed by atoms with Gasteiger partial charge in [-0.25, -0.2) is 9.78 Å². The summed E-state index contributed by atoms with van der Waals surface area (Å²) in [7, 11) is 0. The number of rotatable bonds is 8. The van der Waals surface area contributed by atoms with Gasteiger partial charge in [-0.2, -0.15) is 0 Å². The second-order valence-corrected chi connectivity index (χ2v) is 10.6. The van der Waals surface area contributed by atoms with Gasteiger partial charge in [-0.3, -0.25) is 9.36 Å². The van der Waals surface area contributed by atoms with Gasteiger partial charge in [0.05, 0.1) is 38.4 Å². The van der Waals surface area contributed by atoms with Crippen LogP contribution in [-0.2, 0) is 0 Å². The Morgan fingerprint density at radius 2 is 1.74 bits per heavy atom. The zero-order valence-electron chi connectivity index (χ0n) is 22.0. The van der Waals surface area contributed by atoms with Crippen molar-refractivity contribution >= 4 is 45.8 Å². The number of fused-ring (bicyclic) bond motifs is 1. The van der Waals surface area contributed by atoms with Crippen LogP contribution in [0.1, 0.15) is 51.0 Å². The molecule has 0 spiro atoms. The first kappa shape index (κ1) is 27.7. The van der Waals surface area contributed by atoms with E-state index in [1.165, 1.54) is 0 Å². The Bertz CT molecular complexity index is 1500. The maximum Gasteiger partial charge on any atom is 0.322 e. The lowest BCUT2D eigenvalue weighted by Gasteiger charge is -2.33. The number of hydrogen-bond acceptors (Lipinski definition) is 3. The van der Waals surface area contributed by atoms with Crippen LogP contribution >= 0.6 is 23.2 Å². The van der Waals surface area contributed by atoms with Crippen molar-refractivity contribution < 1.29 is 4.79 Å². The molecule has 0 fully saturated rings. The number of carbonyl (C=O) groups is 1. The Labute approximate surface area is 233 Å². The summed E-state index contributed by atoms with van der Waals surface area (Å²) in [5.74, 6) is 0.873. The molecule has 4 rings (SSSR count). The summed E-state index contributed by atoms with van der Waals surface area (Å²) in [6, 6.07) is 19.4. The fourth-order valence-corrected chi connectivity index (χ4v) is 4.79. The largest absolute Gasteiger partial charge is 0.322 e. The van der Waals surface area contributed by atoms with Crippen molar-refractivity contribution in [2.24, 2.45) is 5.92 Å². The molecular formula is C30H32Cl2N4O2. The van der Waals surface area contributed by atoms with Crippen molar-refractivity contribution in [3.8, 4) is 5.69 Å². The van der Waals surface area contributed by atoms with E-state index in [1.54, 1.807) is 33.7 Å². The Balaban J connectivity index is 1.87. The molecule has 0 saturated carbocycles. The van der Waals surface area contributed by atoms with Gasteiger partial charge in [-0.15, -0.1) is 0 Å². The van der Waals surface area contributed by atoms with Crippen molar-refractivity contribution in [3.63, 3.8) is 0 Å². The van der Waals surface area contributed by atoms with Gasteiger partial charge in [0.2, 0.25) is 0 Å². The Morgan fingerprint density at radius 3 is 2.42 bits per heavy atom. The highest BCUT2D eigenvalue weighted by Gasteiger charge is 2.29. The molecule has 2 amide bonds. The predicted octanol–water partition coefficient (Wildman–Crippen LogP) is 8.03. The molecule has 0 aliphatic heterocycles. The number of halogens is 2. The Hall–Kier alpha value is -3.35. The van der Waals surface area contributed by atoms with Crippen LogP contribution < -0.4 is 10.9 Å². The number of amides is 2. The normalized spacial score (nSPS) is 12.1. The topological polar surface area (TPSA) is 67.2 Å². The minimum absolute atomic E-state index is 0.171. The number of aromatic nitrogens is 2. The summed E-state index contributed by atoms with van der Waals surface area (Å²) in [6.45, 7) is 8.69. The summed E-state index contributed by atoms with van der Waals surface area (Å²) in [6.07, 6.45) is 1.32. The fourth-order valence-electron chi connectivity index (χ4n) is 4.44. The van der Waals surface area contributed by atoms with Crippen LogP contribution in [0.2, 0.25) is 10.0 Å². The molecule has 1 N–H and O–H groups in total. The molecule has 0 aliphatic rings. The molecule has 198 valence electrons. The molecule has 0 aliphatic carbocycles. The van der Waals surface area contributed by atoms with Crippen molar-refractivity contribution in [2.75, 3.05) is 11.9 Å². The van der Waals surface area contributed by atoms with E-state index in [0.29, 0.717) is 52.0 Å². The SMILES string of the molecule is CC[C@H](c1nc2ccccc2c(=O)n1-c1ccc(C)cc1)N(CCC(C)C)C(=O)Nc1cccc(Cl)c1Cl. The number of nitrogens with one attached hydrogen (secondary N) is 1. The lowest BCUT2D eigenvalue weighted by Crippen LogP contribution is -2.41. The molecule has 4 aromatic rings. The average Bonchev–Trinajstić information content (AvgIpc) is 2.90. The van der Waals surface area contributed by atoms with Crippen LogP contribution in [0.15, 0.2) is 71.5 Å². The van der Waals surface area contributed by atoms with E-state index in [-0.39, 0.29) is 16.6 Å². The molecule has 38 heavy (non-hydrogen) atoms. The number of hydrogen-bond donors (Lipinski definition) is 1. The van der Waals surface area contributed by atoms with Crippen LogP contribution in [0, 0.1) is 12.8 Å². The van der Waals surface area contributed by atoms with Crippen molar-refractivity contribution in [1.82, 2.24) is 14.5 Å². The van der Waals surface area contributed by atoms with Gasteiger partial charge in [-0.05, 0) is 62.1 Å². The van der Waals surface area contributed by atoms with Crippen LogP contribution in [0.25, 0.3) is 16.6 Å². The summed E-state index contributed by atoms with van der Waals surface area (Å²) in [5.41, 5.74) is 2.64. The van der Waals surface area contributed by atoms with Crippen LogP contribution in [0.4, 0.5) is 10.5 Å². The minimum atomic E-state index is -0.481. The van der Waals surface area contributed by atoms with Crippen LogP contribution in [0.3, 0.4) is 0 Å². The van der Waals surface area contributed by atoms with Crippen LogP contribution in [0.5, 0.6) is 0 Å². The second-order valence-electron chi connectivity index (χ2n) is 9.79. The van der Waals surface area contributed by atoms with Gasteiger partial charge in [0.15, 0.2) is 0 Å². The average molecular weight is 552 g/mol.